The summed E-state index contributed by atoms with van der Waals surface area (Å²) >= 11 is 0. The lowest BCUT2D eigenvalue weighted by Gasteiger charge is -2.12. The molecule has 30 heavy (non-hydrogen) atoms. The fourth-order valence-corrected chi connectivity index (χ4v) is 3.53. The smallest absolute Gasteiger partial charge is 0.355 e. The van der Waals surface area contributed by atoms with E-state index in [1.807, 2.05) is 12.2 Å². The number of cyclic esters (lactones) is 1. The van der Waals surface area contributed by atoms with Crippen LogP contribution in [0, 0.1) is 0 Å². The second kappa shape index (κ2) is 12.1. The number of aliphatic hydroxyl groups excluding tert-OH is 1. The SMILES string of the molecule is CCCCCCCCC1OC1C/C=C\C=C\C(O)CC(=O)NC1=CC(C)(C)OC1=O. The van der Waals surface area contributed by atoms with Crippen LogP contribution in [0.4, 0.5) is 0 Å². The quantitative estimate of drug-likeness (QED) is 0.192. The van der Waals surface area contributed by atoms with Crippen molar-refractivity contribution in [1.29, 1.82) is 0 Å². The van der Waals surface area contributed by atoms with E-state index in [4.69, 9.17) is 9.47 Å². The van der Waals surface area contributed by atoms with Crippen LogP contribution in [0.25, 0.3) is 0 Å². The van der Waals surface area contributed by atoms with E-state index in [0.29, 0.717) is 12.2 Å². The summed E-state index contributed by atoms with van der Waals surface area (Å²) in [4.78, 5) is 23.6. The van der Waals surface area contributed by atoms with Crippen LogP contribution in [-0.2, 0) is 19.1 Å². The average molecular weight is 420 g/mol. The summed E-state index contributed by atoms with van der Waals surface area (Å²) in [5.41, 5.74) is -0.594. The molecular formula is C24H37NO5. The molecule has 0 spiro atoms. The minimum atomic E-state index is -0.918. The van der Waals surface area contributed by atoms with Gasteiger partial charge < -0.3 is 19.9 Å². The summed E-state index contributed by atoms with van der Waals surface area (Å²) in [6.07, 6.45) is 18.3. The first-order valence-electron chi connectivity index (χ1n) is 11.2. The Kier molecular flexibility index (Phi) is 9.79. The highest BCUT2D eigenvalue weighted by Crippen LogP contribution is 2.30. The molecule has 6 heteroatoms. The lowest BCUT2D eigenvalue weighted by Crippen LogP contribution is -2.28. The molecule has 3 atom stereocenters. The number of aliphatic hydroxyl groups is 1. The molecular weight excluding hydrogens is 382 g/mol. The topological polar surface area (TPSA) is 88.2 Å². The highest BCUT2D eigenvalue weighted by Gasteiger charge is 2.36. The highest BCUT2D eigenvalue weighted by molar-refractivity contribution is 5.96. The molecule has 6 nitrogen and oxygen atoms in total. The third-order valence-corrected chi connectivity index (χ3v) is 5.21. The second-order valence-corrected chi connectivity index (χ2v) is 8.69. The van der Waals surface area contributed by atoms with Gasteiger partial charge in [-0.3, -0.25) is 4.79 Å². The van der Waals surface area contributed by atoms with Crippen LogP contribution in [-0.4, -0.2) is 40.9 Å². The van der Waals surface area contributed by atoms with E-state index in [1.54, 1.807) is 32.1 Å². The van der Waals surface area contributed by atoms with Crippen molar-refractivity contribution in [3.05, 3.63) is 36.1 Å². The van der Waals surface area contributed by atoms with E-state index in [1.165, 1.54) is 38.5 Å². The van der Waals surface area contributed by atoms with Crippen LogP contribution in [0.2, 0.25) is 0 Å². The number of hydrogen-bond acceptors (Lipinski definition) is 5. The Morgan fingerprint density at radius 2 is 1.93 bits per heavy atom. The van der Waals surface area contributed by atoms with Crippen LogP contribution < -0.4 is 5.32 Å². The molecule has 0 aromatic carbocycles. The van der Waals surface area contributed by atoms with E-state index in [-0.39, 0.29) is 12.1 Å². The van der Waals surface area contributed by atoms with Gasteiger partial charge in [-0.25, -0.2) is 4.79 Å². The van der Waals surface area contributed by atoms with Gasteiger partial charge in [0, 0.05) is 0 Å². The average Bonchev–Trinajstić information content (AvgIpc) is 3.35. The molecule has 0 saturated carbocycles. The Morgan fingerprint density at radius 1 is 1.20 bits per heavy atom. The van der Waals surface area contributed by atoms with Crippen LogP contribution >= 0.6 is 0 Å². The summed E-state index contributed by atoms with van der Waals surface area (Å²) in [7, 11) is 0. The van der Waals surface area contributed by atoms with Crippen molar-refractivity contribution in [3.63, 3.8) is 0 Å². The molecule has 0 aliphatic carbocycles. The van der Waals surface area contributed by atoms with E-state index in [0.717, 1.165) is 12.8 Å². The number of carbonyl (C=O) groups excluding carboxylic acids is 2. The molecule has 2 rings (SSSR count). The number of rotatable bonds is 14. The third kappa shape index (κ3) is 9.26. The number of ether oxygens (including phenoxy) is 2. The Balaban J connectivity index is 1.55. The summed E-state index contributed by atoms with van der Waals surface area (Å²) < 4.78 is 10.8. The maximum atomic E-state index is 12.0. The van der Waals surface area contributed by atoms with Gasteiger partial charge in [-0.05, 0) is 32.8 Å². The zero-order chi connectivity index (χ0) is 22.0. The summed E-state index contributed by atoms with van der Waals surface area (Å²) in [5, 5.41) is 12.5. The molecule has 1 fully saturated rings. The van der Waals surface area contributed by atoms with Gasteiger partial charge in [0.25, 0.3) is 0 Å². The van der Waals surface area contributed by atoms with E-state index in [2.05, 4.69) is 12.2 Å². The molecule has 1 saturated heterocycles. The van der Waals surface area contributed by atoms with Gasteiger partial charge in [-0.15, -0.1) is 0 Å². The van der Waals surface area contributed by atoms with Crippen molar-refractivity contribution >= 4 is 11.9 Å². The second-order valence-electron chi connectivity index (χ2n) is 8.69. The van der Waals surface area contributed by atoms with E-state index in [9.17, 15) is 14.7 Å². The maximum Gasteiger partial charge on any atom is 0.355 e. The number of epoxide rings is 1. The van der Waals surface area contributed by atoms with Crippen molar-refractivity contribution in [2.75, 3.05) is 0 Å². The van der Waals surface area contributed by atoms with E-state index < -0.39 is 23.6 Å². The number of unbranched alkanes of at least 4 members (excludes halogenated alkanes) is 5. The molecule has 1 amide bonds. The van der Waals surface area contributed by atoms with Crippen molar-refractivity contribution in [1.82, 2.24) is 5.32 Å². The number of nitrogens with one attached hydrogen (secondary N) is 1. The molecule has 3 unspecified atom stereocenters. The number of esters is 1. The lowest BCUT2D eigenvalue weighted by molar-refractivity contribution is -0.145. The predicted octanol–water partition coefficient (Wildman–Crippen LogP) is 4.09. The first-order chi connectivity index (χ1) is 14.3. The van der Waals surface area contributed by atoms with E-state index >= 15 is 0 Å². The zero-order valence-corrected chi connectivity index (χ0v) is 18.6. The number of amides is 1. The Labute approximate surface area is 180 Å². The monoisotopic (exact) mass is 419 g/mol. The van der Waals surface area contributed by atoms with Gasteiger partial charge in [0.2, 0.25) is 5.91 Å². The molecule has 2 aliphatic heterocycles. The van der Waals surface area contributed by atoms with Gasteiger partial charge in [-0.2, -0.15) is 0 Å². The van der Waals surface area contributed by atoms with Crippen LogP contribution in [0.3, 0.4) is 0 Å². The summed E-state index contributed by atoms with van der Waals surface area (Å²) in [6.45, 7) is 5.70. The van der Waals surface area contributed by atoms with Gasteiger partial charge in [0.15, 0.2) is 0 Å². The van der Waals surface area contributed by atoms with Gasteiger partial charge in [-0.1, -0.05) is 69.8 Å². The van der Waals surface area contributed by atoms with Crippen LogP contribution in [0.1, 0.15) is 78.6 Å². The Hall–Kier alpha value is -1.92. The number of allylic oxidation sites excluding steroid dienone is 2. The minimum Gasteiger partial charge on any atom is -0.451 e. The van der Waals surface area contributed by atoms with Gasteiger partial charge in [0.1, 0.15) is 11.3 Å². The molecule has 2 aliphatic rings. The molecule has 2 heterocycles. The molecule has 2 N–H and O–H groups in total. The van der Waals surface area contributed by atoms with Crippen LogP contribution in [0.15, 0.2) is 36.1 Å². The van der Waals surface area contributed by atoms with Crippen molar-refractivity contribution < 1.29 is 24.2 Å². The predicted molar refractivity (Wildman–Crippen MR) is 117 cm³/mol. The van der Waals surface area contributed by atoms with Crippen molar-refractivity contribution in [2.45, 2.75) is 102 Å². The number of hydrogen-bond donors (Lipinski definition) is 2. The first-order valence-corrected chi connectivity index (χ1v) is 11.2. The summed E-state index contributed by atoms with van der Waals surface area (Å²) in [6, 6.07) is 0. The third-order valence-electron chi connectivity index (χ3n) is 5.21. The molecule has 0 radical (unpaired) electrons. The zero-order valence-electron chi connectivity index (χ0n) is 18.6. The number of carbonyl (C=O) groups is 2. The first kappa shape index (κ1) is 24.4. The largest absolute Gasteiger partial charge is 0.451 e. The molecule has 0 aromatic heterocycles. The van der Waals surface area contributed by atoms with Crippen molar-refractivity contribution in [3.8, 4) is 0 Å². The molecule has 0 aromatic rings. The van der Waals surface area contributed by atoms with Gasteiger partial charge >= 0.3 is 5.97 Å². The summed E-state index contributed by atoms with van der Waals surface area (Å²) in [5.74, 6) is -0.987. The maximum absolute atomic E-state index is 12.0. The minimum absolute atomic E-state index is 0.124. The van der Waals surface area contributed by atoms with Crippen molar-refractivity contribution in [2.24, 2.45) is 0 Å². The van der Waals surface area contributed by atoms with Crippen LogP contribution in [0.5, 0.6) is 0 Å². The highest BCUT2D eigenvalue weighted by atomic mass is 16.6. The Bertz CT molecular complexity index is 665. The standard InChI is InChI=1S/C24H37NO5/c1-4-5-6-7-8-11-14-20-21(29-20)15-12-9-10-13-18(26)16-22(27)25-19-17-24(2,3)30-23(19)28/h9-10,12-13,17-18,20-21,26H,4-8,11,14-16H2,1-3H3,(H,25,27)/b12-9-,13-10+. The fourth-order valence-electron chi connectivity index (χ4n) is 3.53. The molecule has 0 bridgehead atoms. The Morgan fingerprint density at radius 3 is 2.63 bits per heavy atom. The van der Waals surface area contributed by atoms with Gasteiger partial charge in [0.05, 0.1) is 24.7 Å². The lowest BCUT2D eigenvalue weighted by atomic mass is 10.1. The normalized spacial score (nSPS) is 23.6. The fraction of sp³-hybridized carbons (Fsp3) is 0.667. The molecule has 168 valence electrons.